The van der Waals surface area contributed by atoms with E-state index in [1.54, 1.807) is 30.5 Å². The third-order valence-electron chi connectivity index (χ3n) is 3.78. The molecule has 0 radical (unpaired) electrons. The van der Waals surface area contributed by atoms with Crippen LogP contribution in [0.4, 0.5) is 0 Å². The van der Waals surface area contributed by atoms with E-state index in [0.717, 1.165) is 4.47 Å². The highest BCUT2D eigenvalue weighted by molar-refractivity contribution is 9.10. The minimum absolute atomic E-state index is 0.0246. The molecule has 0 spiro atoms. The topological polar surface area (TPSA) is 59.5 Å². The zero-order valence-corrected chi connectivity index (χ0v) is 14.8. The summed E-state index contributed by atoms with van der Waals surface area (Å²) in [5.74, 6) is 0.553. The molecule has 0 unspecified atom stereocenters. The number of nitrogens with zero attached hydrogens (tertiary/aromatic N) is 2. The van der Waals surface area contributed by atoms with Gasteiger partial charge in [0.2, 0.25) is 15.9 Å². The number of sulfonamides is 1. The van der Waals surface area contributed by atoms with Crippen LogP contribution >= 0.6 is 15.9 Å². The van der Waals surface area contributed by atoms with Gasteiger partial charge >= 0.3 is 0 Å². The molecule has 23 heavy (non-hydrogen) atoms. The summed E-state index contributed by atoms with van der Waals surface area (Å²) in [6.07, 6.45) is 2.95. The summed E-state index contributed by atoms with van der Waals surface area (Å²) >= 11 is 3.40. The van der Waals surface area contributed by atoms with Crippen molar-refractivity contribution in [3.8, 4) is 5.88 Å². The quantitative estimate of drug-likeness (QED) is 0.796. The Kier molecular flexibility index (Phi) is 4.99. The number of hydrogen-bond acceptors (Lipinski definition) is 4. The normalized spacial score (nSPS) is 17.1. The molecule has 122 valence electrons. The van der Waals surface area contributed by atoms with Crippen molar-refractivity contribution in [3.63, 3.8) is 0 Å². The molecule has 5 nitrogen and oxygen atoms in total. The van der Waals surface area contributed by atoms with Crippen LogP contribution in [0.15, 0.2) is 58.0 Å². The average Bonchev–Trinajstić information content (AvgIpc) is 2.58. The number of halogens is 1. The number of hydrogen-bond donors (Lipinski definition) is 0. The van der Waals surface area contributed by atoms with Gasteiger partial charge in [-0.1, -0.05) is 18.2 Å². The molecule has 2 aromatic rings. The molecule has 2 heterocycles. The van der Waals surface area contributed by atoms with Crippen molar-refractivity contribution in [1.29, 1.82) is 0 Å². The highest BCUT2D eigenvalue weighted by Gasteiger charge is 2.30. The fourth-order valence-corrected chi connectivity index (χ4v) is 4.39. The zero-order valence-electron chi connectivity index (χ0n) is 12.4. The van der Waals surface area contributed by atoms with Gasteiger partial charge in [-0.25, -0.2) is 13.4 Å². The van der Waals surface area contributed by atoms with Crippen LogP contribution in [0.2, 0.25) is 0 Å². The minimum Gasteiger partial charge on any atom is -0.473 e. The van der Waals surface area contributed by atoms with E-state index >= 15 is 0 Å². The third-order valence-corrected chi connectivity index (χ3v) is 6.30. The van der Waals surface area contributed by atoms with E-state index < -0.39 is 10.0 Å². The van der Waals surface area contributed by atoms with Crippen molar-refractivity contribution in [2.45, 2.75) is 23.8 Å². The van der Waals surface area contributed by atoms with Crippen LogP contribution in [-0.4, -0.2) is 36.9 Å². The fraction of sp³-hybridized carbons (Fsp3) is 0.312. The van der Waals surface area contributed by atoms with Crippen LogP contribution in [0.3, 0.4) is 0 Å². The van der Waals surface area contributed by atoms with Crippen molar-refractivity contribution in [1.82, 2.24) is 9.29 Å². The molecule has 1 aliphatic rings. The Labute approximate surface area is 144 Å². The molecule has 0 bridgehead atoms. The molecule has 3 rings (SSSR count). The van der Waals surface area contributed by atoms with Crippen LogP contribution in [0.5, 0.6) is 5.88 Å². The fourth-order valence-electron chi connectivity index (χ4n) is 2.55. The average molecular weight is 397 g/mol. The van der Waals surface area contributed by atoms with Gasteiger partial charge in [0.15, 0.2) is 0 Å². The third kappa shape index (κ3) is 3.73. The van der Waals surface area contributed by atoms with Gasteiger partial charge in [0.25, 0.3) is 0 Å². The molecule has 1 aliphatic heterocycles. The zero-order chi connectivity index (χ0) is 16.3. The van der Waals surface area contributed by atoms with Crippen molar-refractivity contribution >= 4 is 26.0 Å². The first-order chi connectivity index (χ1) is 11.1. The molecular formula is C16H17BrN2O3S. The molecular weight excluding hydrogens is 380 g/mol. The molecule has 0 N–H and O–H groups in total. The highest BCUT2D eigenvalue weighted by Crippen LogP contribution is 2.26. The maximum atomic E-state index is 12.6. The minimum atomic E-state index is -3.41. The summed E-state index contributed by atoms with van der Waals surface area (Å²) in [6.45, 7) is 0.901. The van der Waals surface area contributed by atoms with Gasteiger partial charge in [0.05, 0.1) is 9.37 Å². The maximum Gasteiger partial charge on any atom is 0.243 e. The summed E-state index contributed by atoms with van der Waals surface area (Å²) < 4.78 is 33.3. The van der Waals surface area contributed by atoms with Crippen molar-refractivity contribution < 1.29 is 13.2 Å². The lowest BCUT2D eigenvalue weighted by Crippen LogP contribution is -2.41. The van der Waals surface area contributed by atoms with Crippen LogP contribution in [-0.2, 0) is 10.0 Å². The number of pyridine rings is 1. The van der Waals surface area contributed by atoms with E-state index in [1.165, 1.54) is 4.31 Å². The first-order valence-corrected chi connectivity index (χ1v) is 9.63. The second-order valence-corrected chi connectivity index (χ2v) is 8.12. The van der Waals surface area contributed by atoms with Gasteiger partial charge in [-0.3, -0.25) is 0 Å². The molecule has 0 amide bonds. The van der Waals surface area contributed by atoms with Crippen LogP contribution in [0.1, 0.15) is 12.8 Å². The second kappa shape index (κ2) is 6.98. The summed E-state index contributed by atoms with van der Waals surface area (Å²) in [5.41, 5.74) is 0. The standard InChI is InChI=1S/C16H17BrN2O3S/c17-15-7-4-10-18-16(15)22-13-8-11-19(12-9-13)23(20,21)14-5-2-1-3-6-14/h1-7,10,13H,8-9,11-12H2. The predicted octanol–water partition coefficient (Wildman–Crippen LogP) is 3.08. The Hall–Kier alpha value is -1.44. The number of ether oxygens (including phenoxy) is 1. The first kappa shape index (κ1) is 16.4. The van der Waals surface area contributed by atoms with E-state index in [0.29, 0.717) is 36.7 Å². The van der Waals surface area contributed by atoms with E-state index in [4.69, 9.17) is 4.74 Å². The van der Waals surface area contributed by atoms with Crippen molar-refractivity contribution in [2.75, 3.05) is 13.1 Å². The van der Waals surface area contributed by atoms with E-state index in [-0.39, 0.29) is 6.10 Å². The molecule has 1 fully saturated rings. The number of piperidine rings is 1. The lowest BCUT2D eigenvalue weighted by Gasteiger charge is -2.31. The van der Waals surface area contributed by atoms with Gasteiger partial charge in [-0.15, -0.1) is 0 Å². The van der Waals surface area contributed by atoms with Gasteiger partial charge in [-0.2, -0.15) is 4.31 Å². The smallest absolute Gasteiger partial charge is 0.243 e. The molecule has 1 saturated heterocycles. The lowest BCUT2D eigenvalue weighted by molar-refractivity contribution is 0.129. The van der Waals surface area contributed by atoms with E-state index in [2.05, 4.69) is 20.9 Å². The van der Waals surface area contributed by atoms with E-state index in [1.807, 2.05) is 18.2 Å². The SMILES string of the molecule is O=S(=O)(c1ccccc1)N1CCC(Oc2ncccc2Br)CC1. The summed E-state index contributed by atoms with van der Waals surface area (Å²) in [5, 5.41) is 0. The highest BCUT2D eigenvalue weighted by atomic mass is 79.9. The maximum absolute atomic E-state index is 12.6. The summed E-state index contributed by atoms with van der Waals surface area (Å²) in [7, 11) is -3.41. The summed E-state index contributed by atoms with van der Waals surface area (Å²) in [6, 6.07) is 12.2. The molecule has 0 atom stereocenters. The summed E-state index contributed by atoms with van der Waals surface area (Å²) in [4.78, 5) is 4.53. The molecule has 0 saturated carbocycles. The monoisotopic (exact) mass is 396 g/mol. The molecule has 1 aromatic heterocycles. The Morgan fingerprint density at radius 3 is 2.43 bits per heavy atom. The van der Waals surface area contributed by atoms with Gasteiger partial charge in [-0.05, 0) is 53.0 Å². The Bertz CT molecular complexity index is 760. The Morgan fingerprint density at radius 1 is 1.09 bits per heavy atom. The van der Waals surface area contributed by atoms with Crippen LogP contribution < -0.4 is 4.74 Å². The van der Waals surface area contributed by atoms with E-state index in [9.17, 15) is 8.42 Å². The Balaban J connectivity index is 1.64. The van der Waals surface area contributed by atoms with Crippen molar-refractivity contribution in [2.24, 2.45) is 0 Å². The number of aromatic nitrogens is 1. The lowest BCUT2D eigenvalue weighted by atomic mass is 10.1. The second-order valence-electron chi connectivity index (χ2n) is 5.32. The van der Waals surface area contributed by atoms with Gasteiger partial charge in [0.1, 0.15) is 6.10 Å². The van der Waals surface area contributed by atoms with Crippen LogP contribution in [0.25, 0.3) is 0 Å². The molecule has 1 aromatic carbocycles. The molecule has 7 heteroatoms. The van der Waals surface area contributed by atoms with Gasteiger partial charge < -0.3 is 4.74 Å². The number of rotatable bonds is 4. The predicted molar refractivity (Wildman–Crippen MR) is 90.8 cm³/mol. The first-order valence-electron chi connectivity index (χ1n) is 7.40. The van der Waals surface area contributed by atoms with Crippen molar-refractivity contribution in [3.05, 3.63) is 53.1 Å². The largest absolute Gasteiger partial charge is 0.473 e. The van der Waals surface area contributed by atoms with Gasteiger partial charge in [0, 0.05) is 19.3 Å². The van der Waals surface area contributed by atoms with Crippen LogP contribution in [0, 0.1) is 0 Å². The number of benzene rings is 1. The molecule has 0 aliphatic carbocycles. The Morgan fingerprint density at radius 2 is 1.78 bits per heavy atom.